The second-order valence-corrected chi connectivity index (χ2v) is 3.97. The standard InChI is InChI=1S/C10H21NO/c1-5-8(2)11-6-9(3)12-10(4)7-11/h8-10H,5-7H2,1-4H3/t8-,9-,10+/m0/s1. The van der Waals surface area contributed by atoms with Crippen LogP contribution in [-0.4, -0.2) is 36.2 Å². The Labute approximate surface area is 75.9 Å². The van der Waals surface area contributed by atoms with Crippen molar-refractivity contribution >= 4 is 0 Å². The summed E-state index contributed by atoms with van der Waals surface area (Å²) in [5.41, 5.74) is 0. The number of ether oxygens (including phenoxy) is 1. The molecule has 1 rings (SSSR count). The highest BCUT2D eigenvalue weighted by Crippen LogP contribution is 2.14. The normalized spacial score (nSPS) is 35.0. The Morgan fingerprint density at radius 1 is 1.33 bits per heavy atom. The van der Waals surface area contributed by atoms with Crippen LogP contribution in [0, 0.1) is 0 Å². The molecule has 0 aromatic heterocycles. The fourth-order valence-corrected chi connectivity index (χ4v) is 1.84. The average molecular weight is 171 g/mol. The first kappa shape index (κ1) is 10.0. The minimum atomic E-state index is 0.405. The lowest BCUT2D eigenvalue weighted by molar-refractivity contribution is -0.0786. The van der Waals surface area contributed by atoms with E-state index in [1.54, 1.807) is 0 Å². The third-order valence-electron chi connectivity index (χ3n) is 2.66. The zero-order valence-corrected chi connectivity index (χ0v) is 8.71. The maximum Gasteiger partial charge on any atom is 0.0678 e. The molecule has 1 aliphatic heterocycles. The van der Waals surface area contributed by atoms with E-state index in [9.17, 15) is 0 Å². The van der Waals surface area contributed by atoms with Crippen molar-refractivity contribution < 1.29 is 4.74 Å². The van der Waals surface area contributed by atoms with Crippen LogP contribution in [0.5, 0.6) is 0 Å². The van der Waals surface area contributed by atoms with Crippen LogP contribution in [0.15, 0.2) is 0 Å². The quantitative estimate of drug-likeness (QED) is 0.629. The predicted octanol–water partition coefficient (Wildman–Crippen LogP) is 1.89. The molecule has 0 amide bonds. The van der Waals surface area contributed by atoms with Crippen LogP contribution in [0.25, 0.3) is 0 Å². The highest BCUT2D eigenvalue weighted by molar-refractivity contribution is 4.76. The van der Waals surface area contributed by atoms with E-state index in [0.717, 1.165) is 13.1 Å². The SMILES string of the molecule is CC[C@H](C)N1C[C@@H](C)O[C@@H](C)C1. The molecule has 1 heterocycles. The predicted molar refractivity (Wildman–Crippen MR) is 51.3 cm³/mol. The van der Waals surface area contributed by atoms with E-state index in [0.29, 0.717) is 18.2 Å². The molecule has 0 N–H and O–H groups in total. The number of hydrogen-bond donors (Lipinski definition) is 0. The number of rotatable bonds is 2. The first-order valence-electron chi connectivity index (χ1n) is 5.03. The van der Waals surface area contributed by atoms with Gasteiger partial charge < -0.3 is 4.74 Å². The van der Waals surface area contributed by atoms with E-state index in [1.165, 1.54) is 6.42 Å². The van der Waals surface area contributed by atoms with Crippen LogP contribution in [0.4, 0.5) is 0 Å². The number of nitrogens with zero attached hydrogens (tertiary/aromatic N) is 1. The van der Waals surface area contributed by atoms with Gasteiger partial charge in [0, 0.05) is 19.1 Å². The smallest absolute Gasteiger partial charge is 0.0678 e. The molecular formula is C10H21NO. The lowest BCUT2D eigenvalue weighted by Crippen LogP contribution is -2.48. The lowest BCUT2D eigenvalue weighted by atomic mass is 10.1. The molecule has 1 aliphatic rings. The Balaban J connectivity index is 2.43. The Morgan fingerprint density at radius 2 is 1.83 bits per heavy atom. The topological polar surface area (TPSA) is 12.5 Å². The van der Waals surface area contributed by atoms with E-state index >= 15 is 0 Å². The van der Waals surface area contributed by atoms with Gasteiger partial charge in [0.05, 0.1) is 12.2 Å². The highest BCUT2D eigenvalue weighted by Gasteiger charge is 2.24. The molecule has 0 unspecified atom stereocenters. The fraction of sp³-hybridized carbons (Fsp3) is 1.00. The first-order valence-corrected chi connectivity index (χ1v) is 5.03. The van der Waals surface area contributed by atoms with Gasteiger partial charge in [-0.25, -0.2) is 0 Å². The van der Waals surface area contributed by atoms with Gasteiger partial charge in [0.1, 0.15) is 0 Å². The molecular weight excluding hydrogens is 150 g/mol. The van der Waals surface area contributed by atoms with Gasteiger partial charge in [-0.15, -0.1) is 0 Å². The number of hydrogen-bond acceptors (Lipinski definition) is 2. The Kier molecular flexibility index (Phi) is 3.53. The lowest BCUT2D eigenvalue weighted by Gasteiger charge is -2.38. The Morgan fingerprint density at radius 3 is 2.25 bits per heavy atom. The molecule has 12 heavy (non-hydrogen) atoms. The van der Waals surface area contributed by atoms with Crippen LogP contribution in [0.2, 0.25) is 0 Å². The maximum absolute atomic E-state index is 5.67. The van der Waals surface area contributed by atoms with Gasteiger partial charge in [-0.3, -0.25) is 4.90 Å². The van der Waals surface area contributed by atoms with Gasteiger partial charge in [-0.05, 0) is 27.2 Å². The molecule has 2 nitrogen and oxygen atoms in total. The minimum absolute atomic E-state index is 0.405. The summed E-state index contributed by atoms with van der Waals surface area (Å²) >= 11 is 0. The summed E-state index contributed by atoms with van der Waals surface area (Å²) < 4.78 is 5.67. The molecule has 72 valence electrons. The summed E-state index contributed by atoms with van der Waals surface area (Å²) in [6.07, 6.45) is 2.05. The monoisotopic (exact) mass is 171 g/mol. The van der Waals surface area contributed by atoms with E-state index < -0.39 is 0 Å². The summed E-state index contributed by atoms with van der Waals surface area (Å²) in [6.45, 7) is 11.1. The fourth-order valence-electron chi connectivity index (χ4n) is 1.84. The molecule has 0 bridgehead atoms. The van der Waals surface area contributed by atoms with Gasteiger partial charge in [0.2, 0.25) is 0 Å². The first-order chi connectivity index (χ1) is 5.63. The van der Waals surface area contributed by atoms with Crippen LogP contribution >= 0.6 is 0 Å². The van der Waals surface area contributed by atoms with Gasteiger partial charge in [0.15, 0.2) is 0 Å². The summed E-state index contributed by atoms with van der Waals surface area (Å²) in [5, 5.41) is 0. The highest BCUT2D eigenvalue weighted by atomic mass is 16.5. The molecule has 0 spiro atoms. The molecule has 2 heteroatoms. The third-order valence-corrected chi connectivity index (χ3v) is 2.66. The summed E-state index contributed by atoms with van der Waals surface area (Å²) in [4.78, 5) is 2.53. The Hall–Kier alpha value is -0.0800. The summed E-state index contributed by atoms with van der Waals surface area (Å²) in [7, 11) is 0. The van der Waals surface area contributed by atoms with Crippen LogP contribution < -0.4 is 0 Å². The van der Waals surface area contributed by atoms with Crippen molar-refractivity contribution in [1.29, 1.82) is 0 Å². The molecule has 3 atom stereocenters. The van der Waals surface area contributed by atoms with Crippen molar-refractivity contribution in [1.82, 2.24) is 4.90 Å². The van der Waals surface area contributed by atoms with Gasteiger partial charge in [-0.2, -0.15) is 0 Å². The maximum atomic E-state index is 5.67. The minimum Gasteiger partial charge on any atom is -0.373 e. The van der Waals surface area contributed by atoms with Crippen molar-refractivity contribution in [2.24, 2.45) is 0 Å². The largest absolute Gasteiger partial charge is 0.373 e. The van der Waals surface area contributed by atoms with Crippen molar-refractivity contribution in [3.63, 3.8) is 0 Å². The van der Waals surface area contributed by atoms with E-state index in [4.69, 9.17) is 4.74 Å². The van der Waals surface area contributed by atoms with Crippen LogP contribution in [-0.2, 0) is 4.74 Å². The van der Waals surface area contributed by atoms with E-state index in [2.05, 4.69) is 32.6 Å². The number of morpholine rings is 1. The van der Waals surface area contributed by atoms with E-state index in [-0.39, 0.29) is 0 Å². The van der Waals surface area contributed by atoms with Crippen LogP contribution in [0.3, 0.4) is 0 Å². The second kappa shape index (κ2) is 4.24. The molecule has 1 saturated heterocycles. The zero-order chi connectivity index (χ0) is 9.14. The third kappa shape index (κ3) is 2.46. The summed E-state index contributed by atoms with van der Waals surface area (Å²) in [6, 6.07) is 0.707. The molecule has 1 fully saturated rings. The Bertz CT molecular complexity index is 128. The van der Waals surface area contributed by atoms with Crippen molar-refractivity contribution in [3.8, 4) is 0 Å². The van der Waals surface area contributed by atoms with Gasteiger partial charge in [-0.1, -0.05) is 6.92 Å². The molecule has 0 aromatic rings. The average Bonchev–Trinajstić information content (AvgIpc) is 2.01. The molecule has 0 aromatic carbocycles. The second-order valence-electron chi connectivity index (χ2n) is 3.97. The van der Waals surface area contributed by atoms with E-state index in [1.807, 2.05) is 0 Å². The van der Waals surface area contributed by atoms with Gasteiger partial charge in [0.25, 0.3) is 0 Å². The van der Waals surface area contributed by atoms with Gasteiger partial charge >= 0.3 is 0 Å². The van der Waals surface area contributed by atoms with Crippen molar-refractivity contribution in [3.05, 3.63) is 0 Å². The molecule has 0 saturated carbocycles. The van der Waals surface area contributed by atoms with Crippen LogP contribution in [0.1, 0.15) is 34.1 Å². The molecule has 0 radical (unpaired) electrons. The molecule has 0 aliphatic carbocycles. The summed E-state index contributed by atoms with van der Waals surface area (Å²) in [5.74, 6) is 0. The van der Waals surface area contributed by atoms with Crippen molar-refractivity contribution in [2.45, 2.75) is 52.4 Å². The zero-order valence-electron chi connectivity index (χ0n) is 8.71. The van der Waals surface area contributed by atoms with Crippen molar-refractivity contribution in [2.75, 3.05) is 13.1 Å².